The maximum Gasteiger partial charge on any atom is 0.355 e. The van der Waals surface area contributed by atoms with E-state index in [0.29, 0.717) is 51.1 Å². The molecule has 0 bridgehead atoms. The molecule has 0 unspecified atom stereocenters. The zero-order chi connectivity index (χ0) is 32.2. The standard InChI is InChI=1S/C33H30F3N5O5/c1-2-21-23(35)6-5-18-13-20(42)14-22(24(18)21)27-26(36)28-25(29(37-27)31(43)44)30(40-8-4-11-45-12-10-40)39-32(38-28)46-17-33-7-3-9-41(33)16-19(34)15-33/h1,5-6,13-14,19,42H,3-4,7-12,15-17H2,(H,43,44)/t19-,33+/m1/s1. The summed E-state index contributed by atoms with van der Waals surface area (Å²) in [6, 6.07) is 4.77. The molecule has 0 aliphatic carbocycles. The van der Waals surface area contributed by atoms with Gasteiger partial charge in [0.2, 0.25) is 0 Å². The van der Waals surface area contributed by atoms with Crippen molar-refractivity contribution < 1.29 is 37.7 Å². The number of halogens is 3. The van der Waals surface area contributed by atoms with E-state index in [1.807, 2.05) is 0 Å². The molecule has 0 amide bonds. The van der Waals surface area contributed by atoms with Gasteiger partial charge < -0.3 is 24.6 Å². The Balaban J connectivity index is 1.46. The molecular formula is C33H30F3N5O5. The van der Waals surface area contributed by atoms with Gasteiger partial charge in [-0.3, -0.25) is 4.90 Å². The third-order valence-electron chi connectivity index (χ3n) is 9.15. The van der Waals surface area contributed by atoms with Crippen LogP contribution in [0, 0.1) is 24.0 Å². The zero-order valence-corrected chi connectivity index (χ0v) is 24.7. The molecule has 2 atom stereocenters. The SMILES string of the molecule is C#Cc1c(F)ccc2cc(O)cc(-c3nc(C(=O)O)c4c(N5CCCOCC5)nc(OC[C@@]56CCCN5C[C@H](F)C6)nc4c3F)c12. The molecule has 2 aromatic heterocycles. The summed E-state index contributed by atoms with van der Waals surface area (Å²) in [5.74, 6) is -1.19. The van der Waals surface area contributed by atoms with Crippen molar-refractivity contribution in [3.05, 3.63) is 47.2 Å². The van der Waals surface area contributed by atoms with Gasteiger partial charge in [0.1, 0.15) is 41.4 Å². The van der Waals surface area contributed by atoms with Crippen LogP contribution >= 0.6 is 0 Å². The molecule has 5 heterocycles. The highest BCUT2D eigenvalue weighted by Crippen LogP contribution is 2.42. The number of carboxylic acids is 1. The Labute approximate surface area is 261 Å². The monoisotopic (exact) mass is 633 g/mol. The van der Waals surface area contributed by atoms with Gasteiger partial charge in [-0.2, -0.15) is 9.97 Å². The highest BCUT2D eigenvalue weighted by atomic mass is 19.1. The predicted molar refractivity (Wildman–Crippen MR) is 163 cm³/mol. The van der Waals surface area contributed by atoms with Crippen molar-refractivity contribution in [2.45, 2.75) is 37.4 Å². The molecule has 3 aliphatic heterocycles. The topological polar surface area (TPSA) is 121 Å². The number of pyridine rings is 1. The van der Waals surface area contributed by atoms with E-state index in [2.05, 4.69) is 25.8 Å². The second-order valence-electron chi connectivity index (χ2n) is 12.0. The van der Waals surface area contributed by atoms with Gasteiger partial charge in [-0.1, -0.05) is 12.0 Å². The average Bonchev–Trinajstić information content (AvgIpc) is 3.41. The molecule has 46 heavy (non-hydrogen) atoms. The van der Waals surface area contributed by atoms with Gasteiger partial charge in [-0.25, -0.2) is 22.9 Å². The second-order valence-corrected chi connectivity index (χ2v) is 12.0. The zero-order valence-electron chi connectivity index (χ0n) is 24.7. The summed E-state index contributed by atoms with van der Waals surface area (Å²) in [7, 11) is 0. The van der Waals surface area contributed by atoms with Crippen molar-refractivity contribution in [1.29, 1.82) is 0 Å². The van der Waals surface area contributed by atoms with Gasteiger partial charge in [0.05, 0.1) is 23.1 Å². The molecule has 7 rings (SSSR count). The number of nitrogens with zero attached hydrogens (tertiary/aromatic N) is 5. The van der Waals surface area contributed by atoms with Gasteiger partial charge in [0.15, 0.2) is 11.5 Å². The molecule has 13 heteroatoms. The van der Waals surface area contributed by atoms with Crippen molar-refractivity contribution in [3.63, 3.8) is 0 Å². The molecule has 10 nitrogen and oxygen atoms in total. The van der Waals surface area contributed by atoms with Gasteiger partial charge in [-0.15, -0.1) is 6.42 Å². The first-order valence-electron chi connectivity index (χ1n) is 15.1. The summed E-state index contributed by atoms with van der Waals surface area (Å²) in [6.45, 7) is 2.68. The van der Waals surface area contributed by atoms with E-state index in [1.165, 1.54) is 12.1 Å². The van der Waals surface area contributed by atoms with Crippen molar-refractivity contribution in [2.24, 2.45) is 0 Å². The maximum atomic E-state index is 16.9. The van der Waals surface area contributed by atoms with Crippen molar-refractivity contribution in [1.82, 2.24) is 19.9 Å². The lowest BCUT2D eigenvalue weighted by Gasteiger charge is -2.31. The first-order valence-corrected chi connectivity index (χ1v) is 15.1. The van der Waals surface area contributed by atoms with Crippen molar-refractivity contribution >= 4 is 33.5 Å². The summed E-state index contributed by atoms with van der Waals surface area (Å²) >= 11 is 0. The minimum absolute atomic E-state index is 0.0643. The highest BCUT2D eigenvalue weighted by Gasteiger charge is 2.49. The minimum atomic E-state index is -1.48. The summed E-state index contributed by atoms with van der Waals surface area (Å²) in [5.41, 5.74) is -2.30. The molecule has 0 radical (unpaired) electrons. The maximum absolute atomic E-state index is 16.9. The fourth-order valence-electron chi connectivity index (χ4n) is 7.12. The summed E-state index contributed by atoms with van der Waals surface area (Å²) in [6.07, 6.45) is 7.14. The van der Waals surface area contributed by atoms with Crippen LogP contribution in [-0.2, 0) is 4.74 Å². The number of terminal acetylenes is 1. The van der Waals surface area contributed by atoms with E-state index >= 15 is 4.39 Å². The van der Waals surface area contributed by atoms with Crippen LogP contribution in [0.15, 0.2) is 24.3 Å². The number of carbonyl (C=O) groups is 1. The Kier molecular flexibility index (Phi) is 7.57. The molecule has 4 aromatic rings. The molecule has 3 fully saturated rings. The number of carboxylic acid groups (broad SMARTS) is 1. The molecule has 3 aliphatic rings. The molecular weight excluding hydrogens is 603 g/mol. The fraction of sp³-hybridized carbons (Fsp3) is 0.394. The number of aromatic nitrogens is 3. The van der Waals surface area contributed by atoms with Crippen molar-refractivity contribution in [2.75, 3.05) is 50.9 Å². The number of anilines is 1. The Morgan fingerprint density at radius 2 is 1.98 bits per heavy atom. The Morgan fingerprint density at radius 1 is 1.13 bits per heavy atom. The van der Waals surface area contributed by atoms with E-state index in [4.69, 9.17) is 15.9 Å². The lowest BCUT2D eigenvalue weighted by Crippen LogP contribution is -2.43. The van der Waals surface area contributed by atoms with Crippen LogP contribution < -0.4 is 9.64 Å². The summed E-state index contributed by atoms with van der Waals surface area (Å²) in [5, 5.41) is 21.1. The lowest BCUT2D eigenvalue weighted by molar-refractivity contribution is 0.0692. The number of aromatic hydroxyl groups is 1. The number of aromatic carboxylic acids is 1. The molecule has 2 N–H and O–H groups in total. The van der Waals surface area contributed by atoms with Gasteiger partial charge in [-0.05, 0) is 49.4 Å². The number of ether oxygens (including phenoxy) is 2. The molecule has 3 saturated heterocycles. The molecule has 0 saturated carbocycles. The van der Waals surface area contributed by atoms with E-state index < -0.39 is 46.2 Å². The first kappa shape index (κ1) is 30.0. The number of alkyl halides is 1. The molecule has 2 aromatic carbocycles. The van der Waals surface area contributed by atoms with Crippen LogP contribution in [0.2, 0.25) is 0 Å². The highest BCUT2D eigenvalue weighted by molar-refractivity contribution is 6.09. The average molecular weight is 634 g/mol. The van der Waals surface area contributed by atoms with E-state index in [0.717, 1.165) is 31.5 Å². The second kappa shape index (κ2) is 11.6. The van der Waals surface area contributed by atoms with Gasteiger partial charge in [0.25, 0.3) is 0 Å². The Hall–Kier alpha value is -4.67. The normalized spacial score (nSPS) is 21.8. The minimum Gasteiger partial charge on any atom is -0.508 e. The quantitative estimate of drug-likeness (QED) is 0.290. The Morgan fingerprint density at radius 3 is 2.78 bits per heavy atom. The van der Waals surface area contributed by atoms with Crippen LogP contribution in [0.4, 0.5) is 19.0 Å². The first-order chi connectivity index (χ1) is 22.2. The summed E-state index contributed by atoms with van der Waals surface area (Å²) in [4.78, 5) is 29.8. The summed E-state index contributed by atoms with van der Waals surface area (Å²) < 4.78 is 57.9. The Bertz CT molecular complexity index is 1930. The lowest BCUT2D eigenvalue weighted by atomic mass is 9.95. The predicted octanol–water partition coefficient (Wildman–Crippen LogP) is 4.69. The number of hydrogen-bond acceptors (Lipinski definition) is 9. The number of rotatable bonds is 6. The van der Waals surface area contributed by atoms with Crippen LogP contribution in [0.1, 0.15) is 41.7 Å². The van der Waals surface area contributed by atoms with E-state index in [1.54, 1.807) is 4.90 Å². The largest absolute Gasteiger partial charge is 0.508 e. The fourth-order valence-corrected chi connectivity index (χ4v) is 7.12. The van der Waals surface area contributed by atoms with Crippen molar-refractivity contribution in [3.8, 4) is 35.4 Å². The third-order valence-corrected chi connectivity index (χ3v) is 9.15. The number of phenols is 1. The number of fused-ring (bicyclic) bond motifs is 3. The molecule has 0 spiro atoms. The number of phenolic OH excluding ortho intramolecular Hbond substituents is 1. The molecule has 238 valence electrons. The van der Waals surface area contributed by atoms with Crippen LogP contribution in [-0.4, -0.2) is 93.7 Å². The van der Waals surface area contributed by atoms with Gasteiger partial charge in [0, 0.05) is 43.6 Å². The smallest absolute Gasteiger partial charge is 0.355 e. The third kappa shape index (κ3) is 5.02. The van der Waals surface area contributed by atoms with E-state index in [9.17, 15) is 23.8 Å². The van der Waals surface area contributed by atoms with E-state index in [-0.39, 0.29) is 46.1 Å². The number of benzene rings is 2. The van der Waals surface area contributed by atoms with Crippen LogP contribution in [0.3, 0.4) is 0 Å². The van der Waals surface area contributed by atoms with Crippen LogP contribution in [0.5, 0.6) is 11.8 Å². The number of hydrogen-bond donors (Lipinski definition) is 2. The van der Waals surface area contributed by atoms with Gasteiger partial charge >= 0.3 is 12.0 Å². The van der Waals surface area contributed by atoms with Crippen LogP contribution in [0.25, 0.3) is 32.9 Å².